The first-order valence-corrected chi connectivity index (χ1v) is 7.37. The lowest BCUT2D eigenvalue weighted by atomic mass is 10.4. The van der Waals surface area contributed by atoms with E-state index in [-0.39, 0.29) is 0 Å². The van der Waals surface area contributed by atoms with Crippen molar-refractivity contribution in [2.24, 2.45) is 0 Å². The zero-order chi connectivity index (χ0) is 13.7. The van der Waals surface area contributed by atoms with Crippen LogP contribution in [0.15, 0.2) is 17.1 Å². The summed E-state index contributed by atoms with van der Waals surface area (Å²) in [7, 11) is 1.94. The van der Waals surface area contributed by atoms with Crippen LogP contribution >= 0.6 is 22.9 Å². The minimum absolute atomic E-state index is 0.541. The largest absolute Gasteiger partial charge is 0.354 e. The number of aromatic nitrogens is 3. The third kappa shape index (κ3) is 3.78. The molecule has 0 radical (unpaired) electrons. The van der Waals surface area contributed by atoms with E-state index in [0.29, 0.717) is 23.3 Å². The zero-order valence-corrected chi connectivity index (χ0v) is 12.5. The molecular weight excluding hydrogens is 282 g/mol. The highest BCUT2D eigenvalue weighted by Crippen LogP contribution is 2.24. The lowest BCUT2D eigenvalue weighted by Crippen LogP contribution is -2.19. The highest BCUT2D eigenvalue weighted by atomic mass is 35.5. The summed E-state index contributed by atoms with van der Waals surface area (Å²) in [6, 6.07) is 0. The van der Waals surface area contributed by atoms with Gasteiger partial charge < -0.3 is 10.2 Å². The van der Waals surface area contributed by atoms with Gasteiger partial charge >= 0.3 is 0 Å². The average Bonchev–Trinajstić information content (AvgIpc) is 2.90. The van der Waals surface area contributed by atoms with E-state index in [9.17, 15) is 0 Å². The van der Waals surface area contributed by atoms with Gasteiger partial charge in [-0.3, -0.25) is 0 Å². The van der Waals surface area contributed by atoms with Crippen molar-refractivity contribution in [3.05, 3.63) is 27.8 Å². The van der Waals surface area contributed by atoms with Gasteiger partial charge in [-0.05, 0) is 6.42 Å². The van der Waals surface area contributed by atoms with Crippen LogP contribution in [0.5, 0.6) is 0 Å². The van der Waals surface area contributed by atoms with Gasteiger partial charge in [0.05, 0.1) is 23.9 Å². The third-order valence-corrected chi connectivity index (χ3v) is 3.40. The molecule has 0 amide bonds. The van der Waals surface area contributed by atoms with Crippen molar-refractivity contribution >= 4 is 34.7 Å². The Kier molecular flexibility index (Phi) is 4.93. The Labute approximate surface area is 121 Å². The molecule has 0 unspecified atom stereocenters. The first-order chi connectivity index (χ1) is 9.20. The highest BCUT2D eigenvalue weighted by Gasteiger charge is 2.11. The summed E-state index contributed by atoms with van der Waals surface area (Å²) in [5.74, 6) is 1.31. The van der Waals surface area contributed by atoms with Gasteiger partial charge in [0.2, 0.25) is 5.95 Å². The van der Waals surface area contributed by atoms with Gasteiger partial charge in [-0.1, -0.05) is 18.5 Å². The fourth-order valence-electron chi connectivity index (χ4n) is 1.58. The fourth-order valence-corrected chi connectivity index (χ4v) is 2.37. The zero-order valence-electron chi connectivity index (χ0n) is 10.9. The first-order valence-electron chi connectivity index (χ1n) is 6.05. The van der Waals surface area contributed by atoms with Crippen LogP contribution < -0.4 is 10.2 Å². The molecule has 19 heavy (non-hydrogen) atoms. The van der Waals surface area contributed by atoms with Crippen molar-refractivity contribution in [2.45, 2.75) is 19.9 Å². The minimum Gasteiger partial charge on any atom is -0.354 e. The summed E-state index contributed by atoms with van der Waals surface area (Å²) >= 11 is 7.73. The van der Waals surface area contributed by atoms with Crippen LogP contribution in [0.4, 0.5) is 11.8 Å². The number of thiazole rings is 1. The fraction of sp³-hybridized carbons (Fsp3) is 0.417. The quantitative estimate of drug-likeness (QED) is 0.888. The maximum Gasteiger partial charge on any atom is 0.224 e. The summed E-state index contributed by atoms with van der Waals surface area (Å²) in [5, 5.41) is 5.71. The Balaban J connectivity index is 2.13. The van der Waals surface area contributed by atoms with Crippen molar-refractivity contribution in [2.75, 3.05) is 23.8 Å². The van der Waals surface area contributed by atoms with Crippen molar-refractivity contribution in [1.82, 2.24) is 15.0 Å². The first kappa shape index (κ1) is 14.0. The van der Waals surface area contributed by atoms with Crippen LogP contribution in [0.3, 0.4) is 0 Å². The summed E-state index contributed by atoms with van der Waals surface area (Å²) < 4.78 is 0. The van der Waals surface area contributed by atoms with Gasteiger partial charge in [0.25, 0.3) is 0 Å². The van der Waals surface area contributed by atoms with Crippen LogP contribution in [-0.4, -0.2) is 28.5 Å². The normalized spacial score (nSPS) is 10.5. The maximum atomic E-state index is 6.15. The summed E-state index contributed by atoms with van der Waals surface area (Å²) in [6.07, 6.45) is 2.65. The number of halogens is 1. The molecule has 0 saturated heterocycles. The van der Waals surface area contributed by atoms with E-state index in [1.54, 1.807) is 17.5 Å². The van der Waals surface area contributed by atoms with E-state index in [4.69, 9.17) is 11.6 Å². The van der Waals surface area contributed by atoms with Crippen molar-refractivity contribution < 1.29 is 0 Å². The molecule has 2 aromatic rings. The molecule has 0 aliphatic carbocycles. The molecule has 0 bridgehead atoms. The van der Waals surface area contributed by atoms with Crippen LogP contribution in [0.1, 0.15) is 19.0 Å². The number of hydrogen-bond donors (Lipinski definition) is 1. The number of anilines is 2. The van der Waals surface area contributed by atoms with Crippen molar-refractivity contribution in [3.8, 4) is 0 Å². The lowest BCUT2D eigenvalue weighted by Gasteiger charge is -2.18. The molecule has 0 aliphatic heterocycles. The van der Waals surface area contributed by atoms with Gasteiger partial charge in [-0.15, -0.1) is 11.3 Å². The Hall–Kier alpha value is -1.40. The van der Waals surface area contributed by atoms with Crippen LogP contribution in [-0.2, 0) is 6.54 Å². The van der Waals surface area contributed by atoms with Gasteiger partial charge in [0, 0.05) is 19.0 Å². The Morgan fingerprint density at radius 3 is 2.95 bits per heavy atom. The van der Waals surface area contributed by atoms with Gasteiger partial charge in [-0.25, -0.2) is 9.97 Å². The molecular formula is C12H16ClN5S. The Morgan fingerprint density at radius 2 is 2.26 bits per heavy atom. The molecule has 0 aliphatic rings. The highest BCUT2D eigenvalue weighted by molar-refractivity contribution is 7.07. The molecule has 2 aromatic heterocycles. The molecule has 0 spiro atoms. The maximum absolute atomic E-state index is 6.15. The Morgan fingerprint density at radius 1 is 1.42 bits per heavy atom. The van der Waals surface area contributed by atoms with Gasteiger partial charge in [-0.2, -0.15) is 4.98 Å². The molecule has 2 heterocycles. The SMILES string of the molecule is CCCNc1ncc(Cl)c(N(C)Cc2cscn2)n1. The van der Waals surface area contributed by atoms with E-state index in [1.165, 1.54) is 0 Å². The van der Waals surface area contributed by atoms with E-state index in [0.717, 1.165) is 18.7 Å². The number of nitrogens with zero attached hydrogens (tertiary/aromatic N) is 4. The second-order valence-electron chi connectivity index (χ2n) is 4.13. The molecule has 0 aromatic carbocycles. The van der Waals surface area contributed by atoms with E-state index in [2.05, 4.69) is 27.2 Å². The summed E-state index contributed by atoms with van der Waals surface area (Å²) in [6.45, 7) is 3.61. The molecule has 5 nitrogen and oxygen atoms in total. The molecule has 0 atom stereocenters. The van der Waals surface area contributed by atoms with Crippen molar-refractivity contribution in [3.63, 3.8) is 0 Å². The third-order valence-electron chi connectivity index (χ3n) is 2.50. The average molecular weight is 298 g/mol. The smallest absolute Gasteiger partial charge is 0.224 e. The molecule has 0 fully saturated rings. The molecule has 0 saturated carbocycles. The number of hydrogen-bond acceptors (Lipinski definition) is 6. The summed E-state index contributed by atoms with van der Waals surface area (Å²) in [4.78, 5) is 14.8. The number of rotatable bonds is 6. The number of nitrogens with one attached hydrogen (secondary N) is 1. The molecule has 2 rings (SSSR count). The van der Waals surface area contributed by atoms with Gasteiger partial charge in [0.15, 0.2) is 5.82 Å². The Bertz CT molecular complexity index is 517. The van der Waals surface area contributed by atoms with Crippen LogP contribution in [0, 0.1) is 0 Å². The molecule has 1 N–H and O–H groups in total. The predicted molar refractivity (Wildman–Crippen MR) is 80.0 cm³/mol. The van der Waals surface area contributed by atoms with E-state index < -0.39 is 0 Å². The minimum atomic E-state index is 0.541. The van der Waals surface area contributed by atoms with Crippen LogP contribution in [0.25, 0.3) is 0 Å². The van der Waals surface area contributed by atoms with E-state index in [1.807, 2.05) is 22.8 Å². The summed E-state index contributed by atoms with van der Waals surface area (Å²) in [5.41, 5.74) is 2.82. The van der Waals surface area contributed by atoms with Gasteiger partial charge in [0.1, 0.15) is 5.02 Å². The standard InChI is InChI=1S/C12H16ClN5S/c1-3-4-14-12-15-5-10(13)11(17-12)18(2)6-9-7-19-8-16-9/h5,7-8H,3-4,6H2,1-2H3,(H,14,15,17). The second kappa shape index (κ2) is 6.68. The molecule has 7 heteroatoms. The second-order valence-corrected chi connectivity index (χ2v) is 5.25. The predicted octanol–water partition coefficient (Wildman–Crippen LogP) is 3.04. The topological polar surface area (TPSA) is 53.9 Å². The lowest BCUT2D eigenvalue weighted by molar-refractivity contribution is 0.865. The monoisotopic (exact) mass is 297 g/mol. The van der Waals surface area contributed by atoms with Crippen molar-refractivity contribution in [1.29, 1.82) is 0 Å². The van der Waals surface area contributed by atoms with Crippen LogP contribution in [0.2, 0.25) is 5.02 Å². The molecule has 102 valence electrons. The van der Waals surface area contributed by atoms with E-state index >= 15 is 0 Å².